The highest BCUT2D eigenvalue weighted by molar-refractivity contribution is 9.09. The van der Waals surface area contributed by atoms with Crippen molar-refractivity contribution in [3.8, 4) is 35.0 Å². The van der Waals surface area contributed by atoms with Gasteiger partial charge in [0, 0.05) is 48.1 Å². The fourth-order valence-electron chi connectivity index (χ4n) is 7.43. The third kappa shape index (κ3) is 15.1. The Labute approximate surface area is 451 Å². The van der Waals surface area contributed by atoms with E-state index in [1.165, 1.54) is 56.6 Å². The number of ether oxygens (including phenoxy) is 6. The van der Waals surface area contributed by atoms with Gasteiger partial charge in [0.25, 0.3) is 11.1 Å². The van der Waals surface area contributed by atoms with Crippen molar-refractivity contribution in [3.63, 3.8) is 0 Å². The van der Waals surface area contributed by atoms with Crippen molar-refractivity contribution in [2.45, 2.75) is 46.3 Å². The van der Waals surface area contributed by atoms with Gasteiger partial charge in [0.15, 0.2) is 22.3 Å². The molecule has 0 fully saturated rings. The summed E-state index contributed by atoms with van der Waals surface area (Å²) in [5.74, 6) is -1.04. The van der Waals surface area contributed by atoms with Crippen LogP contribution in [0.1, 0.15) is 18.6 Å². The molecule has 77 heavy (non-hydrogen) atoms. The summed E-state index contributed by atoms with van der Waals surface area (Å²) in [6, 6.07) is 23.1. The van der Waals surface area contributed by atoms with Crippen LogP contribution in [0.5, 0.6) is 35.0 Å². The normalized spacial score (nSPS) is 11.6. The summed E-state index contributed by atoms with van der Waals surface area (Å²) in [7, 11) is 2.91. The van der Waals surface area contributed by atoms with Crippen LogP contribution < -0.4 is 47.2 Å². The van der Waals surface area contributed by atoms with Crippen molar-refractivity contribution < 1.29 is 54.8 Å². The maximum Gasteiger partial charge on any atom is 0.573 e. The molecule has 0 unspecified atom stereocenters. The number of rotatable bonds is 20. The molecular weight excluding hydrogens is 1140 g/mol. The smallest absolute Gasteiger partial charge is 0.425 e. The highest BCUT2D eigenvalue weighted by atomic mass is 79.9. The van der Waals surface area contributed by atoms with E-state index < -0.39 is 46.7 Å². The minimum Gasteiger partial charge on any atom is -0.425 e. The second-order valence-corrected chi connectivity index (χ2v) is 17.8. The molecule has 0 aliphatic rings. The van der Waals surface area contributed by atoms with E-state index in [0.717, 1.165) is 44.5 Å². The van der Waals surface area contributed by atoms with Gasteiger partial charge in [0.1, 0.15) is 23.0 Å². The molecule has 0 aliphatic heterocycles. The van der Waals surface area contributed by atoms with Crippen LogP contribution in [-0.4, -0.2) is 88.4 Å². The van der Waals surface area contributed by atoms with Gasteiger partial charge in [-0.1, -0.05) is 83.0 Å². The Kier molecular flexibility index (Phi) is 19.8. The Bertz CT molecular complexity index is 3330. The number of hydrogen-bond donors (Lipinski definition) is 1. The third-order valence-corrected chi connectivity index (χ3v) is 11.6. The average molecular weight is 1190 g/mol. The molecule has 8 aromatic rings. The van der Waals surface area contributed by atoms with E-state index in [0.29, 0.717) is 22.0 Å². The number of imidazole rings is 2. The van der Waals surface area contributed by atoms with Crippen molar-refractivity contribution in [1.29, 1.82) is 0 Å². The van der Waals surface area contributed by atoms with E-state index in [9.17, 15) is 45.5 Å². The number of aromatic nitrogens is 8. The van der Waals surface area contributed by atoms with Crippen LogP contribution >= 0.6 is 39.1 Å². The minimum absolute atomic E-state index is 0. The van der Waals surface area contributed by atoms with Gasteiger partial charge in [0.05, 0.1) is 52.6 Å². The maximum absolute atomic E-state index is 13.5. The molecule has 4 heterocycles. The van der Waals surface area contributed by atoms with Gasteiger partial charge in [-0.25, -0.2) is 9.59 Å². The average Bonchev–Trinajstić information content (AvgIpc) is 3.91. The molecule has 0 amide bonds. The Morgan fingerprint density at radius 1 is 0.558 bits per heavy atom. The van der Waals surface area contributed by atoms with Crippen molar-refractivity contribution >= 4 is 61.5 Å². The lowest BCUT2D eigenvalue weighted by Gasteiger charge is -2.13. The van der Waals surface area contributed by atoms with Gasteiger partial charge in [-0.15, -0.1) is 26.3 Å². The summed E-state index contributed by atoms with van der Waals surface area (Å²) in [6.07, 6.45) is -9.78. The van der Waals surface area contributed by atoms with E-state index in [2.05, 4.69) is 35.4 Å². The van der Waals surface area contributed by atoms with Crippen LogP contribution in [-0.2, 0) is 49.7 Å². The van der Waals surface area contributed by atoms with Crippen LogP contribution in [0.15, 0.2) is 116 Å². The van der Waals surface area contributed by atoms with Gasteiger partial charge in [-0.05, 0) is 59.7 Å². The van der Waals surface area contributed by atoms with Gasteiger partial charge in [0.2, 0.25) is 0 Å². The first-order valence-electron chi connectivity index (χ1n) is 22.5. The number of benzene rings is 4. The summed E-state index contributed by atoms with van der Waals surface area (Å²) in [5.41, 5.74) is 4.60. The molecule has 0 radical (unpaired) electrons. The van der Waals surface area contributed by atoms with Gasteiger partial charge in [-0.3, -0.25) is 37.0 Å². The number of aryl methyl sites for hydroxylation is 2. The van der Waals surface area contributed by atoms with Crippen molar-refractivity contribution in [1.82, 2.24) is 37.4 Å². The Balaban J connectivity index is 0.000000246. The zero-order valence-electron chi connectivity index (χ0n) is 39.9. The second kappa shape index (κ2) is 25.8. The predicted molar refractivity (Wildman–Crippen MR) is 277 cm³/mol. The third-order valence-electron chi connectivity index (χ3n) is 10.8. The first kappa shape index (κ1) is 59.1. The predicted octanol–water partition coefficient (Wildman–Crippen LogP) is 8.60. The maximum atomic E-state index is 13.5. The highest BCUT2D eigenvalue weighted by Gasteiger charge is 2.32. The van der Waals surface area contributed by atoms with Crippen molar-refractivity contribution in [2.75, 3.05) is 38.3 Å². The summed E-state index contributed by atoms with van der Waals surface area (Å²) in [6.45, 7) is 1.32. The van der Waals surface area contributed by atoms with Crippen LogP contribution in [0.4, 0.5) is 26.3 Å². The summed E-state index contributed by atoms with van der Waals surface area (Å²) < 4.78 is 114. The Morgan fingerprint density at radius 2 is 0.935 bits per heavy atom. The monoisotopic (exact) mass is 1190 g/mol. The first-order chi connectivity index (χ1) is 36.1. The SMILES string of the molecule is C.Cn1c(=O)n(CCOCCBr)c(=O)c2c1nc(Oc1cccc(OC(F)(F)F)c1)n2Cc1ccc(Cl)cc1.Cn1c(=O)n(CCOCCN)c(=O)c2c1nc(Oc1cccc(OC(F)(F)F)c1)n2Cc1ccc(Cl)cc1. The number of nitrogens with zero attached hydrogens (tertiary/aromatic N) is 8. The van der Waals surface area contributed by atoms with Crippen LogP contribution in [0.2, 0.25) is 10.0 Å². The van der Waals surface area contributed by atoms with E-state index in [4.69, 9.17) is 47.9 Å². The largest absolute Gasteiger partial charge is 0.573 e. The number of hydrogen-bond acceptors (Lipinski definition) is 13. The Hall–Kier alpha value is -7.10. The number of fused-ring (bicyclic) bond motifs is 2. The molecule has 2 N–H and O–H groups in total. The van der Waals surface area contributed by atoms with Crippen molar-refractivity contribution in [2.24, 2.45) is 19.8 Å². The lowest BCUT2D eigenvalue weighted by atomic mass is 10.2. The van der Waals surface area contributed by atoms with Crippen LogP contribution in [0.3, 0.4) is 0 Å². The zero-order valence-corrected chi connectivity index (χ0v) is 43.0. The summed E-state index contributed by atoms with van der Waals surface area (Å²) in [4.78, 5) is 61.6. The molecule has 0 saturated heterocycles. The highest BCUT2D eigenvalue weighted by Crippen LogP contribution is 2.32. The zero-order chi connectivity index (χ0) is 54.9. The molecule has 0 saturated carbocycles. The quantitative estimate of drug-likeness (QED) is 0.0432. The van der Waals surface area contributed by atoms with E-state index >= 15 is 0 Å². The molecule has 4 aromatic carbocycles. The number of alkyl halides is 7. The topological polar surface area (TPSA) is 205 Å². The van der Waals surface area contributed by atoms with Gasteiger partial charge in [-0.2, -0.15) is 9.97 Å². The fourth-order valence-corrected chi connectivity index (χ4v) is 7.91. The fraction of sp³-hybridized carbons (Fsp3) is 0.306. The lowest BCUT2D eigenvalue weighted by Crippen LogP contribution is -2.40. The molecule has 4 aromatic heterocycles. The first-order valence-corrected chi connectivity index (χ1v) is 24.4. The standard InChI is InChI=1S/C24H21BrClF3N4O5.C24H23ClF3N5O5.CH4/c1-31-20-19(21(34)32(23(31)35)10-12-36-11-9-25)33(14-15-5-7-16(26)8-6-15)22(30-20)37-17-3-2-4-18(13-17)38-24(27,28)29;1-31-20-19(21(34)32(23(31)35)10-12-36-11-9-29)33(14-15-5-7-16(25)8-6-15)22(30-20)37-17-3-2-4-18(13-17)38-24(26,27)28;/h2-8,13H,9-12,14H2,1H3;2-8,13H,9-12,14,29H2,1H3;1H4. The summed E-state index contributed by atoms with van der Waals surface area (Å²) >= 11 is 15.2. The number of nitrogens with two attached hydrogens (primary N) is 1. The van der Waals surface area contributed by atoms with E-state index in [1.54, 1.807) is 48.5 Å². The van der Waals surface area contributed by atoms with E-state index in [-0.39, 0.29) is 106 Å². The molecule has 0 atom stereocenters. The summed E-state index contributed by atoms with van der Waals surface area (Å²) in [5, 5.41) is 1.61. The van der Waals surface area contributed by atoms with Gasteiger partial charge >= 0.3 is 36.1 Å². The number of halogens is 9. The molecule has 8 rings (SSSR count). The lowest BCUT2D eigenvalue weighted by molar-refractivity contribution is -0.275. The van der Waals surface area contributed by atoms with Crippen molar-refractivity contribution in [3.05, 3.63) is 160 Å². The molecule has 0 bridgehead atoms. The molecule has 19 nitrogen and oxygen atoms in total. The second-order valence-electron chi connectivity index (χ2n) is 16.1. The molecule has 0 spiro atoms. The van der Waals surface area contributed by atoms with Crippen LogP contribution in [0.25, 0.3) is 22.3 Å². The van der Waals surface area contributed by atoms with Gasteiger partial charge < -0.3 is 34.2 Å². The molecule has 28 heteroatoms. The Morgan fingerprint density at radius 3 is 1.30 bits per heavy atom. The van der Waals surface area contributed by atoms with Crippen LogP contribution in [0, 0.1) is 0 Å². The molecule has 412 valence electrons. The molecule has 0 aliphatic carbocycles. The minimum atomic E-state index is -4.89. The molecular formula is C49H48BrCl2F6N9O10. The van der Waals surface area contributed by atoms with E-state index in [1.807, 2.05) is 0 Å².